The van der Waals surface area contributed by atoms with Crippen LogP contribution >= 0.6 is 0 Å². The van der Waals surface area contributed by atoms with Crippen molar-refractivity contribution >= 4 is 15.9 Å². The van der Waals surface area contributed by atoms with E-state index in [1.54, 1.807) is 17.0 Å². The van der Waals surface area contributed by atoms with Crippen molar-refractivity contribution in [3.63, 3.8) is 0 Å². The Bertz CT molecular complexity index is 729. The molecule has 0 radical (unpaired) electrons. The van der Waals surface area contributed by atoms with E-state index in [2.05, 4.69) is 0 Å². The lowest BCUT2D eigenvalue weighted by Gasteiger charge is -2.34. The third-order valence-corrected chi connectivity index (χ3v) is 7.39. The van der Waals surface area contributed by atoms with E-state index in [-0.39, 0.29) is 41.9 Å². The molecule has 1 aliphatic heterocycles. The molecule has 7 heteroatoms. The van der Waals surface area contributed by atoms with Gasteiger partial charge in [-0.15, -0.1) is 0 Å². The van der Waals surface area contributed by atoms with Crippen molar-refractivity contribution in [3.8, 4) is 0 Å². The van der Waals surface area contributed by atoms with E-state index in [9.17, 15) is 17.6 Å². The fraction of sp³-hybridized carbons (Fsp3) is 0.611. The van der Waals surface area contributed by atoms with Crippen LogP contribution in [0, 0.1) is 11.7 Å². The van der Waals surface area contributed by atoms with Crippen LogP contribution in [-0.2, 0) is 21.4 Å². The van der Waals surface area contributed by atoms with Crippen LogP contribution in [0.4, 0.5) is 4.39 Å². The van der Waals surface area contributed by atoms with E-state index in [1.165, 1.54) is 16.4 Å². The number of sulfonamides is 1. The minimum Gasteiger partial charge on any atom is -0.334 e. The van der Waals surface area contributed by atoms with Gasteiger partial charge in [-0.25, -0.2) is 12.8 Å². The molecule has 1 aromatic carbocycles. The van der Waals surface area contributed by atoms with Crippen molar-refractivity contribution in [1.82, 2.24) is 9.21 Å². The predicted octanol–water partition coefficient (Wildman–Crippen LogP) is 2.38. The Balaban J connectivity index is 1.83. The Morgan fingerprint density at radius 1 is 1.20 bits per heavy atom. The van der Waals surface area contributed by atoms with E-state index in [0.717, 1.165) is 18.4 Å². The summed E-state index contributed by atoms with van der Waals surface area (Å²) in [6.07, 6.45) is 1.63. The van der Waals surface area contributed by atoms with Crippen LogP contribution in [0.3, 0.4) is 0 Å². The second kappa shape index (κ2) is 7.03. The topological polar surface area (TPSA) is 57.7 Å². The lowest BCUT2D eigenvalue weighted by atomic mass is 10.0. The predicted molar refractivity (Wildman–Crippen MR) is 93.7 cm³/mol. The van der Waals surface area contributed by atoms with Crippen LogP contribution < -0.4 is 0 Å². The largest absolute Gasteiger partial charge is 0.334 e. The monoisotopic (exact) mass is 368 g/mol. The molecule has 0 aromatic heterocycles. The molecule has 2 fully saturated rings. The Labute approximate surface area is 148 Å². The SMILES string of the molecule is CC(C)C1CN(S(=O)(=O)C2CC2)CCC(=O)N1Cc1ccc(F)cc1. The molecule has 5 nitrogen and oxygen atoms in total. The first kappa shape index (κ1) is 18.3. The maximum atomic E-state index is 13.1. The summed E-state index contributed by atoms with van der Waals surface area (Å²) in [7, 11) is -3.30. The standard InChI is InChI=1S/C18H25FN2O3S/c1-13(2)17-12-20(25(23,24)16-7-8-16)10-9-18(22)21(17)11-14-3-5-15(19)6-4-14/h3-6,13,16-17H,7-12H2,1-2H3. The van der Waals surface area contributed by atoms with Gasteiger partial charge in [-0.1, -0.05) is 26.0 Å². The first-order chi connectivity index (χ1) is 11.8. The summed E-state index contributed by atoms with van der Waals surface area (Å²) in [6.45, 7) is 4.97. The fourth-order valence-electron chi connectivity index (χ4n) is 3.32. The highest BCUT2D eigenvalue weighted by Gasteiger charge is 2.43. The zero-order chi connectivity index (χ0) is 18.2. The minimum atomic E-state index is -3.30. The third kappa shape index (κ3) is 4.03. The van der Waals surface area contributed by atoms with Crippen LogP contribution in [-0.4, -0.2) is 47.9 Å². The molecule has 1 unspecified atom stereocenters. The van der Waals surface area contributed by atoms with Crippen LogP contribution in [0.1, 0.15) is 38.7 Å². The van der Waals surface area contributed by atoms with Gasteiger partial charge < -0.3 is 4.90 Å². The number of rotatable bonds is 5. The maximum Gasteiger partial charge on any atom is 0.224 e. The zero-order valence-electron chi connectivity index (χ0n) is 14.7. The summed E-state index contributed by atoms with van der Waals surface area (Å²) in [5.41, 5.74) is 0.846. The molecule has 2 aliphatic rings. The van der Waals surface area contributed by atoms with Crippen molar-refractivity contribution < 1.29 is 17.6 Å². The van der Waals surface area contributed by atoms with Gasteiger partial charge in [0.15, 0.2) is 0 Å². The molecule has 1 aromatic rings. The number of halogens is 1. The van der Waals surface area contributed by atoms with Crippen LogP contribution in [0.25, 0.3) is 0 Å². The van der Waals surface area contributed by atoms with Gasteiger partial charge in [0.1, 0.15) is 5.82 Å². The molecule has 25 heavy (non-hydrogen) atoms. The number of nitrogens with zero attached hydrogens (tertiary/aromatic N) is 2. The van der Waals surface area contributed by atoms with Crippen molar-refractivity contribution in [3.05, 3.63) is 35.6 Å². The second-order valence-corrected chi connectivity index (χ2v) is 9.52. The Morgan fingerprint density at radius 3 is 2.40 bits per heavy atom. The van der Waals surface area contributed by atoms with Gasteiger partial charge in [-0.2, -0.15) is 4.31 Å². The third-order valence-electron chi connectivity index (χ3n) is 5.03. The van der Waals surface area contributed by atoms with Crippen LogP contribution in [0.2, 0.25) is 0 Å². The van der Waals surface area contributed by atoms with Crippen molar-refractivity contribution in [2.75, 3.05) is 13.1 Å². The zero-order valence-corrected chi connectivity index (χ0v) is 15.5. The summed E-state index contributed by atoms with van der Waals surface area (Å²) >= 11 is 0. The van der Waals surface area contributed by atoms with Gasteiger partial charge in [0, 0.05) is 32.1 Å². The van der Waals surface area contributed by atoms with Gasteiger partial charge in [-0.05, 0) is 36.5 Å². The van der Waals surface area contributed by atoms with Gasteiger partial charge in [0.2, 0.25) is 15.9 Å². The average Bonchev–Trinajstić information content (AvgIpc) is 3.39. The first-order valence-electron chi connectivity index (χ1n) is 8.82. The first-order valence-corrected chi connectivity index (χ1v) is 10.3. The summed E-state index contributed by atoms with van der Waals surface area (Å²) in [5.74, 6) is -0.232. The number of hydrogen-bond donors (Lipinski definition) is 0. The summed E-state index contributed by atoms with van der Waals surface area (Å²) in [4.78, 5) is 14.5. The van der Waals surface area contributed by atoms with E-state index < -0.39 is 10.0 Å². The molecule has 0 bridgehead atoms. The van der Waals surface area contributed by atoms with E-state index >= 15 is 0 Å². The quantitative estimate of drug-likeness (QED) is 0.802. The van der Waals surface area contributed by atoms with E-state index in [0.29, 0.717) is 13.1 Å². The summed E-state index contributed by atoms with van der Waals surface area (Å²) in [5, 5.41) is -0.265. The summed E-state index contributed by atoms with van der Waals surface area (Å²) in [6, 6.07) is 5.92. The molecule has 1 heterocycles. The Kier molecular flexibility index (Phi) is 5.16. The van der Waals surface area contributed by atoms with Crippen molar-refractivity contribution in [2.24, 2.45) is 5.92 Å². The van der Waals surface area contributed by atoms with Crippen LogP contribution in [0.15, 0.2) is 24.3 Å². The average molecular weight is 368 g/mol. The molecule has 138 valence electrons. The number of carbonyl (C=O) groups excluding carboxylic acids is 1. The molecule has 3 rings (SSSR count). The second-order valence-electron chi connectivity index (χ2n) is 7.31. The number of hydrogen-bond acceptors (Lipinski definition) is 3. The van der Waals surface area contributed by atoms with Crippen molar-refractivity contribution in [1.29, 1.82) is 0 Å². The lowest BCUT2D eigenvalue weighted by molar-refractivity contribution is -0.134. The highest BCUT2D eigenvalue weighted by atomic mass is 32.2. The Morgan fingerprint density at radius 2 is 1.84 bits per heavy atom. The van der Waals surface area contributed by atoms with Gasteiger partial charge in [-0.3, -0.25) is 4.79 Å². The Hall–Kier alpha value is -1.47. The van der Waals surface area contributed by atoms with Gasteiger partial charge >= 0.3 is 0 Å². The summed E-state index contributed by atoms with van der Waals surface area (Å²) < 4.78 is 39.9. The molecule has 1 atom stereocenters. The number of amides is 1. The maximum absolute atomic E-state index is 13.1. The molecular formula is C18H25FN2O3S. The molecule has 0 N–H and O–H groups in total. The smallest absolute Gasteiger partial charge is 0.224 e. The molecular weight excluding hydrogens is 343 g/mol. The highest BCUT2D eigenvalue weighted by Crippen LogP contribution is 2.33. The number of benzene rings is 1. The molecule has 1 saturated carbocycles. The van der Waals surface area contributed by atoms with Crippen LogP contribution in [0.5, 0.6) is 0 Å². The number of carbonyl (C=O) groups is 1. The molecule has 1 aliphatic carbocycles. The minimum absolute atomic E-state index is 0.0449. The normalized spacial score (nSPS) is 23.1. The van der Waals surface area contributed by atoms with Gasteiger partial charge in [0.05, 0.1) is 5.25 Å². The molecule has 0 spiro atoms. The van der Waals surface area contributed by atoms with E-state index in [1.807, 2.05) is 13.8 Å². The lowest BCUT2D eigenvalue weighted by Crippen LogP contribution is -2.47. The van der Waals surface area contributed by atoms with Crippen molar-refractivity contribution in [2.45, 2.75) is 50.9 Å². The fourth-order valence-corrected chi connectivity index (χ4v) is 5.18. The molecule has 1 amide bonds. The van der Waals surface area contributed by atoms with E-state index in [4.69, 9.17) is 0 Å². The highest BCUT2D eigenvalue weighted by molar-refractivity contribution is 7.90. The van der Waals surface area contributed by atoms with Gasteiger partial charge in [0.25, 0.3) is 0 Å². The molecule has 1 saturated heterocycles.